The lowest BCUT2D eigenvalue weighted by molar-refractivity contribution is 0.412. The average molecular weight is 526 g/mol. The number of halogens is 3. The summed E-state index contributed by atoms with van der Waals surface area (Å²) in [5.74, 6) is 1.72. The minimum Gasteiger partial charge on any atom is -0.496 e. The number of hydrogen-bond donors (Lipinski definition) is 0. The van der Waals surface area contributed by atoms with Gasteiger partial charge in [0.2, 0.25) is 0 Å². The Morgan fingerprint density at radius 3 is 1.95 bits per heavy atom. The summed E-state index contributed by atoms with van der Waals surface area (Å²) in [5, 5.41) is 0. The first kappa shape index (κ1) is 18.5. The van der Waals surface area contributed by atoms with Crippen molar-refractivity contribution in [2.24, 2.45) is 0 Å². The molecule has 0 aliphatic heterocycles. The summed E-state index contributed by atoms with van der Waals surface area (Å²) in [6.45, 7) is 3.67. The lowest BCUT2D eigenvalue weighted by Gasteiger charge is -2.02. The molecule has 0 spiro atoms. The molecule has 2 aromatic carbocycles. The molecular formula is C16H15Br2IO2. The zero-order chi connectivity index (χ0) is 15.8. The van der Waals surface area contributed by atoms with E-state index < -0.39 is 0 Å². The average Bonchev–Trinajstić information content (AvgIpc) is 2.51. The van der Waals surface area contributed by atoms with E-state index in [0.717, 1.165) is 26.0 Å². The monoisotopic (exact) mass is 524 g/mol. The molecule has 0 saturated heterocycles. The fourth-order valence-corrected chi connectivity index (χ4v) is 2.72. The lowest BCUT2D eigenvalue weighted by Crippen LogP contribution is -1.84. The van der Waals surface area contributed by atoms with Crippen LogP contribution in [0.5, 0.6) is 11.5 Å². The molecule has 0 fully saturated rings. The highest BCUT2D eigenvalue weighted by Crippen LogP contribution is 2.26. The Morgan fingerprint density at radius 2 is 1.48 bits per heavy atom. The van der Waals surface area contributed by atoms with Crippen LogP contribution in [0.15, 0.2) is 51.9 Å². The van der Waals surface area contributed by atoms with Crippen molar-refractivity contribution < 1.29 is 9.47 Å². The third-order valence-corrected chi connectivity index (χ3v) is 4.51. The van der Waals surface area contributed by atoms with Crippen molar-refractivity contribution >= 4 is 60.5 Å². The molecule has 0 aliphatic carbocycles. The van der Waals surface area contributed by atoms with E-state index in [0.29, 0.717) is 0 Å². The highest BCUT2D eigenvalue weighted by atomic mass is 127. The van der Waals surface area contributed by atoms with E-state index in [4.69, 9.17) is 9.47 Å². The summed E-state index contributed by atoms with van der Waals surface area (Å²) in [6.07, 6.45) is 1.79. The Kier molecular flexibility index (Phi) is 8.36. The third kappa shape index (κ3) is 6.00. The summed E-state index contributed by atoms with van der Waals surface area (Å²) in [5.41, 5.74) is 1.06. The molecule has 2 nitrogen and oxygen atoms in total. The second-order valence-corrected chi connectivity index (χ2v) is 6.83. The number of benzene rings is 2. The van der Waals surface area contributed by atoms with Crippen molar-refractivity contribution in [2.75, 3.05) is 14.2 Å². The summed E-state index contributed by atoms with van der Waals surface area (Å²) >= 11 is 8.97. The molecule has 112 valence electrons. The summed E-state index contributed by atoms with van der Waals surface area (Å²) < 4.78 is 13.3. The van der Waals surface area contributed by atoms with E-state index in [9.17, 15) is 0 Å². The highest BCUT2D eigenvalue weighted by molar-refractivity contribution is 14.1. The standard InChI is InChI=1S/C9H9BrO.C7H6BrIO/c1-3-7-4-5-8(10)9(6-7)11-2;1-10-7-4-5(9)2-3-6(7)8/h3-6H,1H2,2H3;2-4H,1H3. The quantitative estimate of drug-likeness (QED) is 0.447. The Hall–Kier alpha value is -0.530. The number of rotatable bonds is 3. The SMILES string of the molecule is C=Cc1ccc(Br)c(OC)c1.COc1cc(I)ccc1Br. The predicted molar refractivity (Wildman–Crippen MR) is 104 cm³/mol. The van der Waals surface area contributed by atoms with Gasteiger partial charge < -0.3 is 9.47 Å². The van der Waals surface area contributed by atoms with Crippen LogP contribution in [0.1, 0.15) is 5.56 Å². The summed E-state index contributed by atoms with van der Waals surface area (Å²) in [7, 11) is 3.31. The predicted octanol–water partition coefficient (Wildman–Crippen LogP) is 6.16. The van der Waals surface area contributed by atoms with Crippen LogP contribution in [0, 0.1) is 3.57 Å². The molecule has 0 heterocycles. The zero-order valence-electron chi connectivity index (χ0n) is 11.7. The van der Waals surface area contributed by atoms with Gasteiger partial charge in [0.15, 0.2) is 0 Å². The molecule has 0 bridgehead atoms. The Morgan fingerprint density at radius 1 is 0.952 bits per heavy atom. The molecule has 0 unspecified atom stereocenters. The van der Waals surface area contributed by atoms with Crippen LogP contribution in [0.2, 0.25) is 0 Å². The van der Waals surface area contributed by atoms with E-state index in [1.54, 1.807) is 20.3 Å². The molecule has 0 atom stereocenters. The van der Waals surface area contributed by atoms with Crippen LogP contribution in [0.4, 0.5) is 0 Å². The number of hydrogen-bond acceptors (Lipinski definition) is 2. The van der Waals surface area contributed by atoms with Gasteiger partial charge in [0.25, 0.3) is 0 Å². The minimum absolute atomic E-state index is 0.836. The first-order valence-corrected chi connectivity index (χ1v) is 8.63. The van der Waals surface area contributed by atoms with Gasteiger partial charge in [-0.3, -0.25) is 0 Å². The van der Waals surface area contributed by atoms with Gasteiger partial charge in [0.1, 0.15) is 11.5 Å². The molecule has 0 aliphatic rings. The highest BCUT2D eigenvalue weighted by Gasteiger charge is 1.98. The number of ether oxygens (including phenoxy) is 2. The van der Waals surface area contributed by atoms with Crippen molar-refractivity contribution in [3.05, 3.63) is 61.1 Å². The third-order valence-electron chi connectivity index (χ3n) is 2.52. The Labute approximate surface area is 155 Å². The maximum absolute atomic E-state index is 5.09. The first-order valence-electron chi connectivity index (χ1n) is 5.96. The smallest absolute Gasteiger partial charge is 0.134 e. The largest absolute Gasteiger partial charge is 0.496 e. The molecule has 2 rings (SSSR count). The molecule has 0 N–H and O–H groups in total. The summed E-state index contributed by atoms with van der Waals surface area (Å²) in [4.78, 5) is 0. The van der Waals surface area contributed by atoms with Crippen LogP contribution < -0.4 is 9.47 Å². The van der Waals surface area contributed by atoms with Crippen LogP contribution in [-0.2, 0) is 0 Å². The van der Waals surface area contributed by atoms with Crippen LogP contribution >= 0.6 is 54.5 Å². The molecule has 21 heavy (non-hydrogen) atoms. The minimum atomic E-state index is 0.836. The van der Waals surface area contributed by atoms with E-state index in [1.807, 2.05) is 36.4 Å². The number of methoxy groups -OCH3 is 2. The van der Waals surface area contributed by atoms with Gasteiger partial charge >= 0.3 is 0 Å². The normalized spacial score (nSPS) is 9.38. The molecule has 0 amide bonds. The second-order valence-electron chi connectivity index (χ2n) is 3.88. The fourth-order valence-electron chi connectivity index (χ4n) is 1.44. The van der Waals surface area contributed by atoms with Crippen molar-refractivity contribution in [3.8, 4) is 11.5 Å². The maximum Gasteiger partial charge on any atom is 0.134 e. The zero-order valence-corrected chi connectivity index (χ0v) is 17.0. The van der Waals surface area contributed by atoms with Crippen molar-refractivity contribution in [2.45, 2.75) is 0 Å². The van der Waals surface area contributed by atoms with Gasteiger partial charge in [-0.25, -0.2) is 0 Å². The molecule has 2 aromatic rings. The van der Waals surface area contributed by atoms with E-state index in [1.165, 1.54) is 3.57 Å². The van der Waals surface area contributed by atoms with Gasteiger partial charge in [0.05, 0.1) is 23.2 Å². The van der Waals surface area contributed by atoms with Crippen LogP contribution in [0.3, 0.4) is 0 Å². The Bertz CT molecular complexity index is 615. The van der Waals surface area contributed by atoms with E-state index >= 15 is 0 Å². The van der Waals surface area contributed by atoms with Gasteiger partial charge in [0, 0.05) is 3.57 Å². The topological polar surface area (TPSA) is 18.5 Å². The fraction of sp³-hybridized carbons (Fsp3) is 0.125. The maximum atomic E-state index is 5.09. The van der Waals surface area contributed by atoms with Gasteiger partial charge in [-0.1, -0.05) is 18.7 Å². The first-order chi connectivity index (χ1) is 10.0. The molecule has 0 radical (unpaired) electrons. The molecule has 0 aromatic heterocycles. The van der Waals surface area contributed by atoms with Gasteiger partial charge in [-0.15, -0.1) is 0 Å². The van der Waals surface area contributed by atoms with E-state index in [-0.39, 0.29) is 0 Å². The molecule has 5 heteroatoms. The van der Waals surface area contributed by atoms with Gasteiger partial charge in [-0.2, -0.15) is 0 Å². The Balaban J connectivity index is 0.000000211. The molecule has 0 saturated carbocycles. The van der Waals surface area contributed by atoms with Crippen molar-refractivity contribution in [1.29, 1.82) is 0 Å². The second kappa shape index (κ2) is 9.48. The van der Waals surface area contributed by atoms with E-state index in [2.05, 4.69) is 61.0 Å². The molecular weight excluding hydrogens is 511 g/mol. The summed E-state index contributed by atoms with van der Waals surface area (Å²) in [6, 6.07) is 11.8. The van der Waals surface area contributed by atoms with Crippen molar-refractivity contribution in [1.82, 2.24) is 0 Å². The van der Waals surface area contributed by atoms with Gasteiger partial charge in [-0.05, 0) is 90.3 Å². The van der Waals surface area contributed by atoms with Crippen LogP contribution in [0.25, 0.3) is 6.08 Å². The van der Waals surface area contributed by atoms with Crippen LogP contribution in [-0.4, -0.2) is 14.2 Å². The van der Waals surface area contributed by atoms with Crippen molar-refractivity contribution in [3.63, 3.8) is 0 Å². The lowest BCUT2D eigenvalue weighted by atomic mass is 10.2.